The van der Waals surface area contributed by atoms with Crippen molar-refractivity contribution >= 4 is 34.6 Å². The van der Waals surface area contributed by atoms with Crippen LogP contribution in [-0.2, 0) is 4.79 Å². The molecule has 1 N–H and O–H groups in total. The molecule has 0 aliphatic carbocycles. The highest BCUT2D eigenvalue weighted by molar-refractivity contribution is 7.13. The van der Waals surface area contributed by atoms with Crippen LogP contribution in [0.2, 0.25) is 0 Å². The molecule has 0 atom stereocenters. The molecule has 0 bridgehead atoms. The molecule has 0 radical (unpaired) electrons. The Morgan fingerprint density at radius 3 is 2.69 bits per heavy atom. The number of hydrogen-bond acceptors (Lipinski definition) is 4. The summed E-state index contributed by atoms with van der Waals surface area (Å²) in [6, 6.07) is 0. The number of rotatable bonds is 1. The van der Waals surface area contributed by atoms with Gasteiger partial charge in [-0.05, 0) is 0 Å². The fourth-order valence-electron chi connectivity index (χ4n) is 1.86. The van der Waals surface area contributed by atoms with E-state index >= 15 is 0 Å². The molecule has 5 nitrogen and oxygen atoms in total. The van der Waals surface area contributed by atoms with Crippen molar-refractivity contribution in [1.29, 1.82) is 0 Å². The van der Waals surface area contributed by atoms with Gasteiger partial charge < -0.3 is 14.9 Å². The molecule has 1 aliphatic heterocycles. The van der Waals surface area contributed by atoms with E-state index < -0.39 is 5.97 Å². The van der Waals surface area contributed by atoms with Crippen molar-refractivity contribution in [1.82, 2.24) is 0 Å². The minimum atomic E-state index is -0.941. The zero-order valence-electron chi connectivity index (χ0n) is 9.06. The lowest BCUT2D eigenvalue weighted by atomic mass is 10.2. The van der Waals surface area contributed by atoms with E-state index in [1.54, 1.807) is 10.3 Å². The first kappa shape index (κ1) is 10.9. The van der Waals surface area contributed by atoms with Gasteiger partial charge in [0.15, 0.2) is 0 Å². The van der Waals surface area contributed by atoms with E-state index in [0.29, 0.717) is 29.3 Å². The van der Waals surface area contributed by atoms with Gasteiger partial charge in [0.2, 0.25) is 5.91 Å². The summed E-state index contributed by atoms with van der Waals surface area (Å²) in [5.74, 6) is -0.993. The van der Waals surface area contributed by atoms with Gasteiger partial charge in [-0.3, -0.25) is 4.79 Å². The molecule has 0 unspecified atom stereocenters. The number of anilines is 2. The van der Waals surface area contributed by atoms with E-state index in [1.165, 1.54) is 6.92 Å². The van der Waals surface area contributed by atoms with E-state index in [9.17, 15) is 9.59 Å². The minimum Gasteiger partial charge on any atom is -0.477 e. The van der Waals surface area contributed by atoms with Crippen molar-refractivity contribution in [3.63, 3.8) is 0 Å². The van der Waals surface area contributed by atoms with Crippen molar-refractivity contribution < 1.29 is 14.7 Å². The van der Waals surface area contributed by atoms with Crippen molar-refractivity contribution in [3.8, 4) is 0 Å². The van der Waals surface area contributed by atoms with Gasteiger partial charge in [-0.1, -0.05) is 0 Å². The Hall–Kier alpha value is -1.56. The summed E-state index contributed by atoms with van der Waals surface area (Å²) in [6.07, 6.45) is 0. The predicted molar refractivity (Wildman–Crippen MR) is 62.6 cm³/mol. The minimum absolute atomic E-state index is 0.0518. The van der Waals surface area contributed by atoms with Crippen LogP contribution in [0.5, 0.6) is 0 Å². The molecule has 0 spiro atoms. The zero-order valence-corrected chi connectivity index (χ0v) is 9.87. The van der Waals surface area contributed by atoms with E-state index in [4.69, 9.17) is 5.11 Å². The monoisotopic (exact) mass is 240 g/mol. The number of likely N-dealkylation sites (N-methyl/N-ethyl adjacent to an activating group) is 1. The molecule has 0 saturated heterocycles. The van der Waals surface area contributed by atoms with Crippen molar-refractivity contribution in [3.05, 3.63) is 10.3 Å². The van der Waals surface area contributed by atoms with Crippen LogP contribution in [0.1, 0.15) is 16.6 Å². The van der Waals surface area contributed by atoms with Crippen LogP contribution in [-0.4, -0.2) is 37.1 Å². The third-order valence-corrected chi connectivity index (χ3v) is 3.60. The van der Waals surface area contributed by atoms with Gasteiger partial charge in [-0.25, -0.2) is 4.79 Å². The Morgan fingerprint density at radius 2 is 2.12 bits per heavy atom. The number of carbonyl (C=O) groups is 2. The SMILES string of the molecule is CC(=O)N1CCN(C)c2c1csc2C(=O)O. The van der Waals surface area contributed by atoms with Crippen LogP contribution in [0.3, 0.4) is 0 Å². The van der Waals surface area contributed by atoms with E-state index in [1.807, 2.05) is 11.9 Å². The lowest BCUT2D eigenvalue weighted by Gasteiger charge is -2.33. The number of carbonyl (C=O) groups excluding carboxylic acids is 1. The van der Waals surface area contributed by atoms with E-state index in [-0.39, 0.29) is 5.91 Å². The third kappa shape index (κ3) is 1.55. The van der Waals surface area contributed by atoms with Gasteiger partial charge in [0.25, 0.3) is 0 Å². The van der Waals surface area contributed by atoms with Crippen molar-refractivity contribution in [2.75, 3.05) is 29.9 Å². The largest absolute Gasteiger partial charge is 0.477 e. The first-order valence-corrected chi connectivity index (χ1v) is 5.74. The molecular formula is C10H12N2O3S. The van der Waals surface area contributed by atoms with Gasteiger partial charge in [-0.15, -0.1) is 11.3 Å². The van der Waals surface area contributed by atoms with Crippen LogP contribution in [0, 0.1) is 0 Å². The summed E-state index contributed by atoms with van der Waals surface area (Å²) in [4.78, 5) is 26.3. The third-order valence-electron chi connectivity index (χ3n) is 2.65. The molecule has 0 aromatic carbocycles. The smallest absolute Gasteiger partial charge is 0.348 e. The Bertz CT molecular complexity index is 455. The summed E-state index contributed by atoms with van der Waals surface area (Å²) in [5.41, 5.74) is 1.36. The molecule has 2 rings (SSSR count). The average molecular weight is 240 g/mol. The highest BCUT2D eigenvalue weighted by Crippen LogP contribution is 2.40. The van der Waals surface area contributed by atoms with Gasteiger partial charge >= 0.3 is 5.97 Å². The quantitative estimate of drug-likeness (QED) is 0.802. The van der Waals surface area contributed by atoms with Crippen molar-refractivity contribution in [2.45, 2.75) is 6.92 Å². The van der Waals surface area contributed by atoms with Gasteiger partial charge in [0.1, 0.15) is 4.88 Å². The molecule has 1 aromatic heterocycles. The predicted octanol–water partition coefficient (Wildman–Crippen LogP) is 1.25. The number of nitrogens with zero attached hydrogens (tertiary/aromatic N) is 2. The number of carboxylic acid groups (broad SMARTS) is 1. The summed E-state index contributed by atoms with van der Waals surface area (Å²) < 4.78 is 0. The number of hydrogen-bond donors (Lipinski definition) is 1. The molecular weight excluding hydrogens is 228 g/mol. The zero-order chi connectivity index (χ0) is 11.9. The lowest BCUT2D eigenvalue weighted by molar-refractivity contribution is -0.116. The first-order valence-electron chi connectivity index (χ1n) is 4.86. The fraction of sp³-hybridized carbons (Fsp3) is 0.400. The second kappa shape index (κ2) is 3.79. The Balaban J connectivity index is 2.53. The van der Waals surface area contributed by atoms with Gasteiger partial charge in [-0.2, -0.15) is 0 Å². The molecule has 0 saturated carbocycles. The van der Waals surface area contributed by atoms with Crippen LogP contribution >= 0.6 is 11.3 Å². The average Bonchev–Trinajstić information content (AvgIpc) is 2.62. The molecule has 86 valence electrons. The normalized spacial score (nSPS) is 14.9. The summed E-state index contributed by atoms with van der Waals surface area (Å²) in [5, 5.41) is 10.8. The van der Waals surface area contributed by atoms with Crippen LogP contribution < -0.4 is 9.80 Å². The molecule has 0 fully saturated rings. The van der Waals surface area contributed by atoms with Gasteiger partial charge in [0.05, 0.1) is 11.4 Å². The van der Waals surface area contributed by atoms with E-state index in [2.05, 4.69) is 0 Å². The van der Waals surface area contributed by atoms with E-state index in [0.717, 1.165) is 11.3 Å². The van der Waals surface area contributed by atoms with Crippen LogP contribution in [0.25, 0.3) is 0 Å². The second-order valence-electron chi connectivity index (χ2n) is 3.70. The Labute approximate surface area is 96.9 Å². The highest BCUT2D eigenvalue weighted by atomic mass is 32.1. The molecule has 16 heavy (non-hydrogen) atoms. The Morgan fingerprint density at radius 1 is 1.44 bits per heavy atom. The maximum atomic E-state index is 11.4. The number of amides is 1. The molecule has 1 aromatic rings. The number of thiophene rings is 1. The molecule has 6 heteroatoms. The first-order chi connectivity index (χ1) is 7.52. The van der Waals surface area contributed by atoms with Gasteiger partial charge in [0, 0.05) is 32.4 Å². The summed E-state index contributed by atoms with van der Waals surface area (Å²) >= 11 is 1.16. The Kier molecular flexibility index (Phi) is 2.59. The standard InChI is InChI=1S/C10H12N2O3S/c1-6(13)12-4-3-11(2)8-7(12)5-16-9(8)10(14)15/h5H,3-4H2,1-2H3,(H,14,15). The highest BCUT2D eigenvalue weighted by Gasteiger charge is 2.29. The summed E-state index contributed by atoms with van der Waals surface area (Å²) in [7, 11) is 1.84. The molecule has 1 aliphatic rings. The summed E-state index contributed by atoms with van der Waals surface area (Å²) in [6.45, 7) is 2.76. The van der Waals surface area contributed by atoms with Crippen LogP contribution in [0.4, 0.5) is 11.4 Å². The van der Waals surface area contributed by atoms with Crippen LogP contribution in [0.15, 0.2) is 5.38 Å². The molecule has 2 heterocycles. The lowest BCUT2D eigenvalue weighted by Crippen LogP contribution is -2.41. The van der Waals surface area contributed by atoms with Crippen molar-refractivity contribution in [2.24, 2.45) is 0 Å². The maximum Gasteiger partial charge on any atom is 0.348 e. The number of fused-ring (bicyclic) bond motifs is 1. The topological polar surface area (TPSA) is 60.9 Å². The fourth-order valence-corrected chi connectivity index (χ4v) is 2.81. The maximum absolute atomic E-state index is 11.4. The second-order valence-corrected chi connectivity index (χ2v) is 4.58. The number of carboxylic acids is 1. The number of aromatic carboxylic acids is 1. The molecule has 1 amide bonds.